The Kier molecular flexibility index (Phi) is 4.71. The SMILES string of the molecule is CC.Cn1cnc2c(NCc3ccccc3)nccc21. The Labute approximate surface area is 119 Å². The molecule has 3 rings (SSSR count). The summed E-state index contributed by atoms with van der Waals surface area (Å²) in [5.74, 6) is 0.831. The second-order valence-corrected chi connectivity index (χ2v) is 4.22. The molecule has 2 aromatic heterocycles. The highest BCUT2D eigenvalue weighted by atomic mass is 15.1. The van der Waals surface area contributed by atoms with Crippen LogP contribution in [0.2, 0.25) is 0 Å². The number of imidazole rings is 1. The van der Waals surface area contributed by atoms with Gasteiger partial charge in [-0.05, 0) is 11.6 Å². The van der Waals surface area contributed by atoms with Gasteiger partial charge in [0.25, 0.3) is 0 Å². The number of nitrogens with one attached hydrogen (secondary N) is 1. The number of aromatic nitrogens is 3. The van der Waals surface area contributed by atoms with Gasteiger partial charge in [-0.25, -0.2) is 9.97 Å². The molecule has 104 valence electrons. The van der Waals surface area contributed by atoms with E-state index in [9.17, 15) is 0 Å². The number of anilines is 1. The van der Waals surface area contributed by atoms with Crippen LogP contribution in [0.5, 0.6) is 0 Å². The molecule has 0 saturated heterocycles. The lowest BCUT2D eigenvalue weighted by Gasteiger charge is -2.06. The van der Waals surface area contributed by atoms with Gasteiger partial charge in [0, 0.05) is 19.8 Å². The van der Waals surface area contributed by atoms with Crippen LogP contribution < -0.4 is 5.32 Å². The molecule has 0 amide bonds. The fraction of sp³-hybridized carbons (Fsp3) is 0.250. The summed E-state index contributed by atoms with van der Waals surface area (Å²) in [6, 6.07) is 12.2. The summed E-state index contributed by atoms with van der Waals surface area (Å²) in [5.41, 5.74) is 3.23. The van der Waals surface area contributed by atoms with Gasteiger partial charge in [-0.15, -0.1) is 0 Å². The minimum Gasteiger partial charge on any atom is -0.364 e. The third-order valence-corrected chi connectivity index (χ3v) is 2.95. The summed E-state index contributed by atoms with van der Waals surface area (Å²) in [5, 5.41) is 3.33. The quantitative estimate of drug-likeness (QED) is 0.789. The molecular weight excluding hydrogens is 248 g/mol. The van der Waals surface area contributed by atoms with Gasteiger partial charge < -0.3 is 9.88 Å². The van der Waals surface area contributed by atoms with Crippen molar-refractivity contribution in [3.05, 3.63) is 54.5 Å². The molecule has 1 N–H and O–H groups in total. The average molecular weight is 268 g/mol. The van der Waals surface area contributed by atoms with Crippen molar-refractivity contribution < 1.29 is 0 Å². The molecule has 0 saturated carbocycles. The predicted octanol–water partition coefficient (Wildman–Crippen LogP) is 3.61. The van der Waals surface area contributed by atoms with Crippen molar-refractivity contribution in [3.63, 3.8) is 0 Å². The molecule has 4 nitrogen and oxygen atoms in total. The van der Waals surface area contributed by atoms with Crippen LogP contribution in [0.15, 0.2) is 48.9 Å². The summed E-state index contributed by atoms with van der Waals surface area (Å²) < 4.78 is 1.99. The third-order valence-electron chi connectivity index (χ3n) is 2.95. The normalized spacial score (nSPS) is 9.95. The first kappa shape index (κ1) is 14.1. The van der Waals surface area contributed by atoms with E-state index in [0.717, 1.165) is 23.4 Å². The first-order valence-electron chi connectivity index (χ1n) is 6.88. The van der Waals surface area contributed by atoms with E-state index in [1.807, 2.05) is 49.7 Å². The average Bonchev–Trinajstić information content (AvgIpc) is 2.90. The van der Waals surface area contributed by atoms with Crippen molar-refractivity contribution in [2.75, 3.05) is 5.32 Å². The first-order valence-corrected chi connectivity index (χ1v) is 6.88. The molecule has 20 heavy (non-hydrogen) atoms. The Morgan fingerprint density at radius 2 is 1.80 bits per heavy atom. The molecule has 0 radical (unpaired) electrons. The van der Waals surface area contributed by atoms with Crippen LogP contribution in [0.4, 0.5) is 5.82 Å². The van der Waals surface area contributed by atoms with E-state index in [2.05, 4.69) is 27.4 Å². The maximum atomic E-state index is 4.37. The van der Waals surface area contributed by atoms with E-state index in [-0.39, 0.29) is 0 Å². The first-order chi connectivity index (χ1) is 9.84. The second kappa shape index (κ2) is 6.70. The fourth-order valence-electron chi connectivity index (χ4n) is 1.97. The Balaban J connectivity index is 0.000000704. The monoisotopic (exact) mass is 268 g/mol. The largest absolute Gasteiger partial charge is 0.364 e. The van der Waals surface area contributed by atoms with Crippen LogP contribution in [-0.4, -0.2) is 14.5 Å². The molecule has 0 bridgehead atoms. The standard InChI is InChI=1S/C14H14N4.C2H6/c1-18-10-17-13-12(18)7-8-15-14(13)16-9-11-5-3-2-4-6-11;1-2/h2-8,10H,9H2,1H3,(H,15,16);1-2H3. The second-order valence-electron chi connectivity index (χ2n) is 4.22. The van der Waals surface area contributed by atoms with Crippen LogP contribution >= 0.6 is 0 Å². The summed E-state index contributed by atoms with van der Waals surface area (Å²) in [6.45, 7) is 4.75. The lowest BCUT2D eigenvalue weighted by molar-refractivity contribution is 0.947. The lowest BCUT2D eigenvalue weighted by atomic mass is 10.2. The van der Waals surface area contributed by atoms with Crippen LogP contribution in [0, 0.1) is 0 Å². The van der Waals surface area contributed by atoms with Gasteiger partial charge in [0.1, 0.15) is 5.52 Å². The molecule has 4 heteroatoms. The zero-order valence-corrected chi connectivity index (χ0v) is 12.2. The number of rotatable bonds is 3. The number of benzene rings is 1. The highest BCUT2D eigenvalue weighted by Gasteiger charge is 2.05. The van der Waals surface area contributed by atoms with Crippen molar-refractivity contribution in [3.8, 4) is 0 Å². The minimum absolute atomic E-state index is 0.753. The fourth-order valence-corrected chi connectivity index (χ4v) is 1.97. The maximum Gasteiger partial charge on any atom is 0.154 e. The summed E-state index contributed by atoms with van der Waals surface area (Å²) >= 11 is 0. The van der Waals surface area contributed by atoms with E-state index in [4.69, 9.17) is 0 Å². The Morgan fingerprint density at radius 3 is 2.55 bits per heavy atom. The molecule has 0 atom stereocenters. The van der Waals surface area contributed by atoms with Gasteiger partial charge in [0.2, 0.25) is 0 Å². The number of hydrogen-bond acceptors (Lipinski definition) is 3. The van der Waals surface area contributed by atoms with E-state index >= 15 is 0 Å². The highest BCUT2D eigenvalue weighted by molar-refractivity contribution is 5.85. The van der Waals surface area contributed by atoms with Crippen molar-refractivity contribution in [2.45, 2.75) is 20.4 Å². The minimum atomic E-state index is 0.753. The molecule has 0 aliphatic heterocycles. The molecule has 2 heterocycles. The van der Waals surface area contributed by atoms with Crippen molar-refractivity contribution in [1.82, 2.24) is 14.5 Å². The highest BCUT2D eigenvalue weighted by Crippen LogP contribution is 2.18. The molecule has 0 fully saturated rings. The molecular formula is C16H20N4. The van der Waals surface area contributed by atoms with Gasteiger partial charge in [0.05, 0.1) is 11.8 Å². The van der Waals surface area contributed by atoms with Crippen LogP contribution in [-0.2, 0) is 13.6 Å². The summed E-state index contributed by atoms with van der Waals surface area (Å²) in [4.78, 5) is 8.72. The zero-order valence-electron chi connectivity index (χ0n) is 12.2. The third kappa shape index (κ3) is 2.96. The van der Waals surface area contributed by atoms with E-state index < -0.39 is 0 Å². The van der Waals surface area contributed by atoms with Gasteiger partial charge in [0.15, 0.2) is 5.82 Å². The number of nitrogens with zero attached hydrogens (tertiary/aromatic N) is 3. The molecule has 0 aliphatic rings. The predicted molar refractivity (Wildman–Crippen MR) is 83.6 cm³/mol. The van der Waals surface area contributed by atoms with Gasteiger partial charge in [-0.3, -0.25) is 0 Å². The zero-order chi connectivity index (χ0) is 14.4. The smallest absolute Gasteiger partial charge is 0.154 e. The van der Waals surface area contributed by atoms with Crippen LogP contribution in [0.1, 0.15) is 19.4 Å². The van der Waals surface area contributed by atoms with Gasteiger partial charge in [-0.1, -0.05) is 44.2 Å². The van der Waals surface area contributed by atoms with E-state index in [1.54, 1.807) is 12.5 Å². The number of fused-ring (bicyclic) bond motifs is 1. The maximum absolute atomic E-state index is 4.37. The molecule has 1 aromatic carbocycles. The Hall–Kier alpha value is -2.36. The number of hydrogen-bond donors (Lipinski definition) is 1. The van der Waals surface area contributed by atoms with Crippen LogP contribution in [0.25, 0.3) is 11.0 Å². The lowest BCUT2D eigenvalue weighted by Crippen LogP contribution is -2.01. The summed E-state index contributed by atoms with van der Waals surface area (Å²) in [6.07, 6.45) is 3.61. The van der Waals surface area contributed by atoms with Gasteiger partial charge in [-0.2, -0.15) is 0 Å². The van der Waals surface area contributed by atoms with Crippen molar-refractivity contribution >= 4 is 16.9 Å². The molecule has 0 spiro atoms. The van der Waals surface area contributed by atoms with Crippen molar-refractivity contribution in [2.24, 2.45) is 7.05 Å². The van der Waals surface area contributed by atoms with Crippen molar-refractivity contribution in [1.29, 1.82) is 0 Å². The number of pyridine rings is 1. The topological polar surface area (TPSA) is 42.7 Å². The number of aryl methyl sites for hydroxylation is 1. The van der Waals surface area contributed by atoms with E-state index in [0.29, 0.717) is 0 Å². The molecule has 3 aromatic rings. The Morgan fingerprint density at radius 1 is 1.05 bits per heavy atom. The van der Waals surface area contributed by atoms with E-state index in [1.165, 1.54) is 5.56 Å². The Bertz CT molecular complexity index is 659. The summed E-state index contributed by atoms with van der Waals surface area (Å²) in [7, 11) is 1.98. The van der Waals surface area contributed by atoms with Crippen LogP contribution in [0.3, 0.4) is 0 Å². The van der Waals surface area contributed by atoms with Gasteiger partial charge >= 0.3 is 0 Å². The molecule has 0 unspecified atom stereocenters. The molecule has 0 aliphatic carbocycles.